The summed E-state index contributed by atoms with van der Waals surface area (Å²) in [4.78, 5) is 2.44. The second kappa shape index (κ2) is 14.2. The van der Waals surface area contributed by atoms with Gasteiger partial charge in [0.2, 0.25) is 0 Å². The lowest BCUT2D eigenvalue weighted by molar-refractivity contribution is 0.669. The van der Waals surface area contributed by atoms with E-state index in [4.69, 9.17) is 4.42 Å². The van der Waals surface area contributed by atoms with Gasteiger partial charge >= 0.3 is 0 Å². The van der Waals surface area contributed by atoms with Crippen molar-refractivity contribution in [2.75, 3.05) is 4.90 Å². The molecule has 0 unspecified atom stereocenters. The first-order valence-electron chi connectivity index (χ1n) is 22.2. The van der Waals surface area contributed by atoms with Crippen LogP contribution in [0, 0.1) is 0 Å². The minimum atomic E-state index is -0.559. The molecule has 10 aromatic carbocycles. The number of benzene rings is 10. The van der Waals surface area contributed by atoms with E-state index < -0.39 is 10.8 Å². The molecule has 0 spiro atoms. The highest BCUT2D eigenvalue weighted by molar-refractivity contribution is 6.10. The first kappa shape index (κ1) is 36.5. The second-order valence-corrected chi connectivity index (χ2v) is 17.1. The van der Waals surface area contributed by atoms with Gasteiger partial charge in [-0.1, -0.05) is 212 Å². The summed E-state index contributed by atoms with van der Waals surface area (Å²) >= 11 is 0. The van der Waals surface area contributed by atoms with Crippen molar-refractivity contribution in [1.82, 2.24) is 0 Å². The molecule has 64 heavy (non-hydrogen) atoms. The molecule has 0 N–H and O–H groups in total. The molecule has 2 aliphatic carbocycles. The fourth-order valence-corrected chi connectivity index (χ4v) is 11.5. The Morgan fingerprint density at radius 1 is 0.297 bits per heavy atom. The van der Waals surface area contributed by atoms with Crippen molar-refractivity contribution in [1.29, 1.82) is 0 Å². The smallest absolute Gasteiger partial charge is 0.159 e. The van der Waals surface area contributed by atoms with Gasteiger partial charge in [0, 0.05) is 22.1 Å². The molecule has 0 radical (unpaired) electrons. The normalized spacial score (nSPS) is 13.9. The molecule has 2 aliphatic rings. The average Bonchev–Trinajstić information content (AvgIpc) is 4.00. The van der Waals surface area contributed by atoms with Crippen molar-refractivity contribution in [2.24, 2.45) is 0 Å². The molecular formula is C62H41NO. The molecule has 0 saturated heterocycles. The van der Waals surface area contributed by atoms with E-state index in [1.807, 2.05) is 0 Å². The number of rotatable bonds is 7. The zero-order chi connectivity index (χ0) is 42.2. The number of hydrogen-bond acceptors (Lipinski definition) is 2. The zero-order valence-electron chi connectivity index (χ0n) is 35.0. The van der Waals surface area contributed by atoms with Crippen LogP contribution in [0.5, 0.6) is 0 Å². The third-order valence-electron chi connectivity index (χ3n) is 14.0. The predicted octanol–water partition coefficient (Wildman–Crippen LogP) is 15.8. The number of hydrogen-bond donors (Lipinski definition) is 0. The first-order valence-corrected chi connectivity index (χ1v) is 22.2. The Morgan fingerprint density at radius 2 is 0.688 bits per heavy atom. The van der Waals surface area contributed by atoms with Crippen LogP contribution in [-0.2, 0) is 10.8 Å². The molecule has 0 saturated carbocycles. The van der Waals surface area contributed by atoms with Crippen LogP contribution in [0.4, 0.5) is 17.1 Å². The monoisotopic (exact) mass is 815 g/mol. The van der Waals surface area contributed by atoms with Gasteiger partial charge in [-0.2, -0.15) is 0 Å². The molecule has 300 valence electrons. The van der Waals surface area contributed by atoms with E-state index in [9.17, 15) is 0 Å². The maximum Gasteiger partial charge on any atom is 0.159 e. The summed E-state index contributed by atoms with van der Waals surface area (Å²) < 4.78 is 6.91. The van der Waals surface area contributed by atoms with E-state index in [1.165, 1.54) is 66.8 Å². The van der Waals surface area contributed by atoms with Gasteiger partial charge in [0.15, 0.2) is 5.58 Å². The van der Waals surface area contributed by atoms with E-state index in [1.54, 1.807) is 0 Å². The van der Waals surface area contributed by atoms with Gasteiger partial charge in [-0.15, -0.1) is 0 Å². The third kappa shape index (κ3) is 5.02. The minimum absolute atomic E-state index is 0.559. The second-order valence-electron chi connectivity index (χ2n) is 17.1. The quantitative estimate of drug-likeness (QED) is 0.159. The lowest BCUT2D eigenvalue weighted by atomic mass is 9.67. The van der Waals surface area contributed by atoms with Crippen LogP contribution in [-0.4, -0.2) is 0 Å². The standard InChI is InChI=1S/C62H41NO/c1-5-20-42(21-6-1)61(43-22-7-2-8-23-43)54-32-16-13-28-48(54)50-38-36-46(40-56(50)61)63(58-34-19-31-53-52-30-15-18-35-59(52)64-60(53)58)47-37-39-51-49-29-14-17-33-55(49)62(57(51)41-47,44-24-9-3-10-25-44)45-26-11-4-12-27-45/h1-41H. The summed E-state index contributed by atoms with van der Waals surface area (Å²) in [5, 5.41) is 2.19. The fraction of sp³-hybridized carbons (Fsp3) is 0.0323. The minimum Gasteiger partial charge on any atom is -0.454 e. The Hall–Kier alpha value is -8.20. The van der Waals surface area contributed by atoms with E-state index >= 15 is 0 Å². The summed E-state index contributed by atoms with van der Waals surface area (Å²) in [6.07, 6.45) is 0. The maximum absolute atomic E-state index is 6.91. The Balaban J connectivity index is 1.13. The van der Waals surface area contributed by atoms with Crippen LogP contribution in [0.25, 0.3) is 44.2 Å². The summed E-state index contributed by atoms with van der Waals surface area (Å²) in [7, 11) is 0. The summed E-state index contributed by atoms with van der Waals surface area (Å²) in [6, 6.07) is 91.4. The molecule has 1 heterocycles. The van der Waals surface area contributed by atoms with Gasteiger partial charge in [-0.3, -0.25) is 0 Å². The first-order chi connectivity index (χ1) is 31.8. The van der Waals surface area contributed by atoms with Crippen molar-refractivity contribution in [3.8, 4) is 22.3 Å². The SMILES string of the molecule is c1ccc(C2(c3ccccc3)c3ccccc3-c3ccc(N(c4ccc5c(c4)C(c4ccccc4)(c4ccccc4)c4ccccc4-5)c4cccc5c4oc4ccccc45)cc32)cc1. The van der Waals surface area contributed by atoms with Gasteiger partial charge in [0.1, 0.15) is 5.58 Å². The fourth-order valence-electron chi connectivity index (χ4n) is 11.5. The number of furan rings is 1. The predicted molar refractivity (Wildman–Crippen MR) is 263 cm³/mol. The van der Waals surface area contributed by atoms with E-state index in [0.717, 1.165) is 39.0 Å². The van der Waals surface area contributed by atoms with Crippen LogP contribution < -0.4 is 4.90 Å². The Labute approximate surface area is 373 Å². The van der Waals surface area contributed by atoms with Gasteiger partial charge in [0.25, 0.3) is 0 Å². The highest BCUT2D eigenvalue weighted by atomic mass is 16.3. The van der Waals surface area contributed by atoms with Crippen LogP contribution in [0.2, 0.25) is 0 Å². The highest BCUT2D eigenvalue weighted by Gasteiger charge is 2.48. The lowest BCUT2D eigenvalue weighted by Crippen LogP contribution is -2.29. The molecule has 0 bridgehead atoms. The number of para-hydroxylation sites is 2. The van der Waals surface area contributed by atoms with E-state index in [0.29, 0.717) is 0 Å². The Morgan fingerprint density at radius 3 is 1.17 bits per heavy atom. The van der Waals surface area contributed by atoms with E-state index in [2.05, 4.69) is 254 Å². The molecule has 0 aliphatic heterocycles. The van der Waals surface area contributed by atoms with Gasteiger partial charge in [0.05, 0.1) is 16.5 Å². The number of fused-ring (bicyclic) bond motifs is 9. The lowest BCUT2D eigenvalue weighted by Gasteiger charge is -2.36. The zero-order valence-corrected chi connectivity index (χ0v) is 35.0. The molecule has 1 aromatic heterocycles. The molecule has 11 aromatic rings. The van der Waals surface area contributed by atoms with Gasteiger partial charge < -0.3 is 9.32 Å². The van der Waals surface area contributed by atoms with Crippen molar-refractivity contribution >= 4 is 39.0 Å². The third-order valence-corrected chi connectivity index (χ3v) is 14.0. The van der Waals surface area contributed by atoms with Crippen LogP contribution in [0.3, 0.4) is 0 Å². The van der Waals surface area contributed by atoms with Crippen LogP contribution in [0.15, 0.2) is 253 Å². The summed E-state index contributed by atoms with van der Waals surface area (Å²) in [6.45, 7) is 0. The molecule has 2 heteroatoms. The molecule has 2 nitrogen and oxygen atoms in total. The molecular weight excluding hydrogens is 775 g/mol. The van der Waals surface area contributed by atoms with Gasteiger partial charge in [-0.25, -0.2) is 0 Å². The molecule has 0 atom stereocenters. The largest absolute Gasteiger partial charge is 0.454 e. The van der Waals surface area contributed by atoms with Gasteiger partial charge in [-0.05, 0) is 103 Å². The average molecular weight is 816 g/mol. The van der Waals surface area contributed by atoms with Crippen LogP contribution in [0.1, 0.15) is 44.5 Å². The number of anilines is 3. The Bertz CT molecular complexity index is 3290. The molecule has 0 amide bonds. The molecule has 0 fully saturated rings. The Kier molecular flexibility index (Phi) is 8.07. The summed E-state index contributed by atoms with van der Waals surface area (Å²) in [5.74, 6) is 0. The van der Waals surface area contributed by atoms with Crippen molar-refractivity contribution < 1.29 is 4.42 Å². The van der Waals surface area contributed by atoms with Crippen molar-refractivity contribution in [3.63, 3.8) is 0 Å². The van der Waals surface area contributed by atoms with Crippen molar-refractivity contribution in [3.05, 3.63) is 293 Å². The maximum atomic E-state index is 6.91. The van der Waals surface area contributed by atoms with Crippen LogP contribution >= 0.6 is 0 Å². The number of nitrogens with zero attached hydrogens (tertiary/aromatic N) is 1. The molecule has 13 rings (SSSR count). The topological polar surface area (TPSA) is 16.4 Å². The van der Waals surface area contributed by atoms with E-state index in [-0.39, 0.29) is 0 Å². The summed E-state index contributed by atoms with van der Waals surface area (Å²) in [5.41, 5.74) is 18.7. The highest BCUT2D eigenvalue weighted by Crippen LogP contribution is 2.60. The van der Waals surface area contributed by atoms with Crippen molar-refractivity contribution in [2.45, 2.75) is 10.8 Å².